The van der Waals surface area contributed by atoms with Gasteiger partial charge in [-0.3, -0.25) is 9.89 Å². The summed E-state index contributed by atoms with van der Waals surface area (Å²) in [7, 11) is 1.48. The number of hydrogen-bond donors (Lipinski definition) is 2. The molecule has 0 unspecified atom stereocenters. The van der Waals surface area contributed by atoms with Crippen molar-refractivity contribution < 1.29 is 13.9 Å². The van der Waals surface area contributed by atoms with Gasteiger partial charge in [0, 0.05) is 23.8 Å². The van der Waals surface area contributed by atoms with Crippen molar-refractivity contribution in [3.63, 3.8) is 0 Å². The Labute approximate surface area is 144 Å². The third-order valence-electron chi connectivity index (χ3n) is 4.07. The molecule has 1 aliphatic rings. The number of ketones is 1. The molecular formula is C19H18FN3O2. The van der Waals surface area contributed by atoms with Gasteiger partial charge in [0.15, 0.2) is 5.78 Å². The molecular weight excluding hydrogens is 321 g/mol. The summed E-state index contributed by atoms with van der Waals surface area (Å²) >= 11 is 0. The molecule has 0 bridgehead atoms. The molecule has 2 N–H and O–H groups in total. The molecule has 0 aliphatic heterocycles. The molecule has 0 saturated heterocycles. The first kappa shape index (κ1) is 16.8. The minimum absolute atomic E-state index is 0.0701. The zero-order valence-electron chi connectivity index (χ0n) is 13.8. The summed E-state index contributed by atoms with van der Waals surface area (Å²) in [6.45, 7) is 0. The van der Waals surface area contributed by atoms with Crippen LogP contribution in [0.15, 0.2) is 42.0 Å². The number of allylic oxidation sites excluding steroid dienone is 3. The number of aromatic nitrogens is 2. The second kappa shape index (κ2) is 7.25. The van der Waals surface area contributed by atoms with Crippen LogP contribution >= 0.6 is 0 Å². The normalized spacial score (nSPS) is 14.6. The Kier molecular flexibility index (Phi) is 4.88. The van der Waals surface area contributed by atoms with Gasteiger partial charge in [-0.2, -0.15) is 5.10 Å². The van der Waals surface area contributed by atoms with E-state index in [-0.39, 0.29) is 5.78 Å². The van der Waals surface area contributed by atoms with Gasteiger partial charge in [0.2, 0.25) is 0 Å². The number of methoxy groups -OCH3 is 1. The van der Waals surface area contributed by atoms with E-state index in [9.17, 15) is 9.18 Å². The van der Waals surface area contributed by atoms with Crippen molar-refractivity contribution in [2.75, 3.05) is 7.11 Å². The molecule has 1 aromatic heterocycles. The number of nitrogens with one attached hydrogen (secondary N) is 2. The van der Waals surface area contributed by atoms with Crippen molar-refractivity contribution >= 4 is 17.6 Å². The van der Waals surface area contributed by atoms with E-state index in [4.69, 9.17) is 10.1 Å². The van der Waals surface area contributed by atoms with E-state index in [1.807, 2.05) is 6.08 Å². The maximum atomic E-state index is 14.1. The zero-order valence-corrected chi connectivity index (χ0v) is 13.8. The summed E-state index contributed by atoms with van der Waals surface area (Å²) in [4.78, 5) is 12.1. The third kappa shape index (κ3) is 3.91. The van der Waals surface area contributed by atoms with E-state index >= 15 is 0 Å². The lowest BCUT2D eigenvalue weighted by molar-refractivity contribution is -0.111. The number of halogens is 1. The molecule has 2 aromatic rings. The molecule has 1 aliphatic carbocycles. The number of nitrogens with zero attached hydrogens (tertiary/aromatic N) is 1. The van der Waals surface area contributed by atoms with Crippen LogP contribution in [0.2, 0.25) is 0 Å². The van der Waals surface area contributed by atoms with Crippen molar-refractivity contribution in [1.29, 1.82) is 5.41 Å². The van der Waals surface area contributed by atoms with Crippen LogP contribution < -0.4 is 4.74 Å². The lowest BCUT2D eigenvalue weighted by Gasteiger charge is -2.10. The van der Waals surface area contributed by atoms with Crippen molar-refractivity contribution in [3.8, 4) is 17.0 Å². The highest BCUT2D eigenvalue weighted by Crippen LogP contribution is 2.25. The molecule has 0 amide bonds. The lowest BCUT2D eigenvalue weighted by Crippen LogP contribution is -2.08. The van der Waals surface area contributed by atoms with Crippen LogP contribution in [0.5, 0.6) is 5.75 Å². The smallest absolute Gasteiger partial charge is 0.181 e. The Morgan fingerprint density at radius 3 is 2.88 bits per heavy atom. The summed E-state index contributed by atoms with van der Waals surface area (Å²) in [6, 6.07) is 6.25. The fourth-order valence-electron chi connectivity index (χ4n) is 2.62. The topological polar surface area (TPSA) is 78.8 Å². The van der Waals surface area contributed by atoms with Crippen LogP contribution in [0.3, 0.4) is 0 Å². The monoisotopic (exact) mass is 339 g/mol. The molecule has 1 heterocycles. The number of H-pyrrole nitrogens is 1. The number of hydrogen-bond acceptors (Lipinski definition) is 4. The van der Waals surface area contributed by atoms with Gasteiger partial charge in [-0.15, -0.1) is 0 Å². The first-order chi connectivity index (χ1) is 12.1. The van der Waals surface area contributed by atoms with Crippen LogP contribution in [0.1, 0.15) is 25.0 Å². The van der Waals surface area contributed by atoms with E-state index in [1.165, 1.54) is 19.3 Å². The predicted octanol–water partition coefficient (Wildman–Crippen LogP) is 3.94. The molecule has 0 radical (unpaired) electrons. The van der Waals surface area contributed by atoms with Gasteiger partial charge in [0.25, 0.3) is 0 Å². The summed E-state index contributed by atoms with van der Waals surface area (Å²) in [5, 5.41) is 14.4. The molecule has 0 spiro atoms. The average Bonchev–Trinajstić information content (AvgIpc) is 3.08. The minimum atomic E-state index is -0.424. The van der Waals surface area contributed by atoms with Gasteiger partial charge in [-0.25, -0.2) is 4.39 Å². The molecule has 3 rings (SSSR count). The molecule has 5 nitrogen and oxygen atoms in total. The maximum absolute atomic E-state index is 14.1. The third-order valence-corrected chi connectivity index (χ3v) is 4.07. The highest BCUT2D eigenvalue weighted by Gasteiger charge is 2.13. The molecule has 128 valence electrons. The maximum Gasteiger partial charge on any atom is 0.181 e. The molecule has 1 aromatic carbocycles. The minimum Gasteiger partial charge on any atom is -0.497 e. The Hall–Kier alpha value is -3.02. The zero-order chi connectivity index (χ0) is 17.8. The Balaban J connectivity index is 1.73. The predicted molar refractivity (Wildman–Crippen MR) is 94.2 cm³/mol. The van der Waals surface area contributed by atoms with Crippen molar-refractivity contribution in [2.45, 2.75) is 19.3 Å². The number of carbonyl (C=O) groups excluding carboxylic acids is 1. The first-order valence-electron chi connectivity index (χ1n) is 7.94. The number of rotatable bonds is 5. The van der Waals surface area contributed by atoms with Crippen molar-refractivity contribution in [2.24, 2.45) is 0 Å². The summed E-state index contributed by atoms with van der Waals surface area (Å²) in [6.07, 6.45) is 6.69. The Morgan fingerprint density at radius 2 is 2.20 bits per heavy atom. The summed E-state index contributed by atoms with van der Waals surface area (Å²) < 4.78 is 19.1. The lowest BCUT2D eigenvalue weighted by atomic mass is 9.95. The van der Waals surface area contributed by atoms with Gasteiger partial charge in [0.1, 0.15) is 11.6 Å². The van der Waals surface area contributed by atoms with E-state index in [1.54, 1.807) is 24.3 Å². The summed E-state index contributed by atoms with van der Waals surface area (Å²) in [5.41, 5.74) is 2.81. The second-order valence-corrected chi connectivity index (χ2v) is 5.79. The Morgan fingerprint density at radius 1 is 1.36 bits per heavy atom. The average molecular weight is 339 g/mol. The number of aromatic amines is 1. The van der Waals surface area contributed by atoms with Crippen LogP contribution in [-0.2, 0) is 4.79 Å². The number of ether oxygens (including phenoxy) is 1. The van der Waals surface area contributed by atoms with Gasteiger partial charge in [-0.1, -0.05) is 6.08 Å². The SMILES string of the molecule is COc1ccc(-c2cc(/C=C/C(=O)C3=CCC(=N)CC3)[nH]n2)c(F)c1. The molecule has 0 atom stereocenters. The van der Waals surface area contributed by atoms with Crippen LogP contribution in [0.4, 0.5) is 4.39 Å². The quantitative estimate of drug-likeness (QED) is 0.810. The van der Waals surface area contributed by atoms with Gasteiger partial charge in [-0.05, 0) is 48.8 Å². The molecule has 6 heteroatoms. The first-order valence-corrected chi connectivity index (χ1v) is 7.94. The summed E-state index contributed by atoms with van der Waals surface area (Å²) in [5.74, 6) is -0.0529. The molecule has 0 fully saturated rings. The van der Waals surface area contributed by atoms with E-state index in [2.05, 4.69) is 10.2 Å². The molecule has 25 heavy (non-hydrogen) atoms. The van der Waals surface area contributed by atoms with Gasteiger partial charge in [0.05, 0.1) is 18.5 Å². The van der Waals surface area contributed by atoms with Crippen molar-refractivity contribution in [1.82, 2.24) is 10.2 Å². The van der Waals surface area contributed by atoms with Crippen LogP contribution in [0, 0.1) is 11.2 Å². The van der Waals surface area contributed by atoms with Crippen LogP contribution in [0.25, 0.3) is 17.3 Å². The fourth-order valence-corrected chi connectivity index (χ4v) is 2.62. The molecule has 0 saturated carbocycles. The number of benzene rings is 1. The van der Waals surface area contributed by atoms with E-state index < -0.39 is 5.82 Å². The van der Waals surface area contributed by atoms with Gasteiger partial charge < -0.3 is 10.1 Å². The Bertz CT molecular complexity index is 881. The van der Waals surface area contributed by atoms with E-state index in [0.29, 0.717) is 47.7 Å². The largest absolute Gasteiger partial charge is 0.497 e. The van der Waals surface area contributed by atoms with Gasteiger partial charge >= 0.3 is 0 Å². The fraction of sp³-hybridized carbons (Fsp3) is 0.211. The number of carbonyl (C=O) groups is 1. The highest BCUT2D eigenvalue weighted by atomic mass is 19.1. The second-order valence-electron chi connectivity index (χ2n) is 5.79. The highest BCUT2D eigenvalue weighted by molar-refractivity contribution is 6.07. The van der Waals surface area contributed by atoms with Crippen molar-refractivity contribution in [3.05, 3.63) is 53.5 Å². The standard InChI is InChI=1S/C19H18FN3O2/c1-25-15-7-8-16(17(20)11-15)18-10-14(22-23-18)6-9-19(24)12-2-4-13(21)5-3-12/h2,6-11,21H,3-5H2,1H3,(H,22,23)/b9-6+,21-13?. The van der Waals surface area contributed by atoms with Crippen LogP contribution in [-0.4, -0.2) is 28.8 Å². The van der Waals surface area contributed by atoms with E-state index in [0.717, 1.165) is 5.57 Å².